The molecule has 17 heavy (non-hydrogen) atoms. The van der Waals surface area contributed by atoms with Crippen LogP contribution in [0.1, 0.15) is 26.7 Å². The van der Waals surface area contributed by atoms with Crippen molar-refractivity contribution in [2.24, 2.45) is 0 Å². The first kappa shape index (κ1) is 14.4. The van der Waals surface area contributed by atoms with Gasteiger partial charge in [0, 0.05) is 32.6 Å². The van der Waals surface area contributed by atoms with Crippen LogP contribution in [0.5, 0.6) is 0 Å². The lowest BCUT2D eigenvalue weighted by Gasteiger charge is -2.33. The third-order valence-electron chi connectivity index (χ3n) is 2.81. The van der Waals surface area contributed by atoms with Gasteiger partial charge in [-0.05, 0) is 13.3 Å². The summed E-state index contributed by atoms with van der Waals surface area (Å²) in [6.45, 7) is 7.74. The highest BCUT2D eigenvalue weighted by atomic mass is 16.5. The SMILES string of the molecule is CCCC(=O)NCC(C)(O)CN1CCOCC1. The second-order valence-electron chi connectivity index (χ2n) is 4.91. The highest BCUT2D eigenvalue weighted by molar-refractivity contribution is 5.75. The Balaban J connectivity index is 2.26. The molecule has 1 heterocycles. The van der Waals surface area contributed by atoms with E-state index >= 15 is 0 Å². The standard InChI is InChI=1S/C12H24N2O3/c1-3-4-11(15)13-9-12(2,16)10-14-5-7-17-8-6-14/h16H,3-10H2,1-2H3,(H,13,15). The molecule has 1 unspecified atom stereocenters. The van der Waals surface area contributed by atoms with Crippen LogP contribution in [0, 0.1) is 0 Å². The van der Waals surface area contributed by atoms with Gasteiger partial charge < -0.3 is 15.2 Å². The lowest BCUT2D eigenvalue weighted by Crippen LogP contribution is -2.51. The number of carbonyl (C=O) groups is 1. The molecule has 0 aromatic carbocycles. The number of nitrogens with one attached hydrogen (secondary N) is 1. The van der Waals surface area contributed by atoms with Crippen LogP contribution >= 0.6 is 0 Å². The van der Waals surface area contributed by atoms with Crippen LogP contribution in [0.15, 0.2) is 0 Å². The van der Waals surface area contributed by atoms with E-state index in [4.69, 9.17) is 4.74 Å². The zero-order valence-corrected chi connectivity index (χ0v) is 10.9. The smallest absolute Gasteiger partial charge is 0.220 e. The number of nitrogens with zero attached hydrogens (tertiary/aromatic N) is 1. The van der Waals surface area contributed by atoms with E-state index < -0.39 is 5.60 Å². The van der Waals surface area contributed by atoms with E-state index in [1.165, 1.54) is 0 Å². The van der Waals surface area contributed by atoms with Crippen LogP contribution in [0.3, 0.4) is 0 Å². The Labute approximate surface area is 103 Å². The normalized spacial score (nSPS) is 20.9. The summed E-state index contributed by atoms with van der Waals surface area (Å²) < 4.78 is 5.25. The van der Waals surface area contributed by atoms with Gasteiger partial charge in [0.2, 0.25) is 5.91 Å². The van der Waals surface area contributed by atoms with E-state index in [1.54, 1.807) is 6.92 Å². The number of ether oxygens (including phenoxy) is 1. The molecule has 5 nitrogen and oxygen atoms in total. The molecule has 0 bridgehead atoms. The fraction of sp³-hybridized carbons (Fsp3) is 0.917. The number of amides is 1. The summed E-state index contributed by atoms with van der Waals surface area (Å²) in [6, 6.07) is 0. The zero-order chi connectivity index (χ0) is 12.7. The minimum atomic E-state index is -0.874. The molecule has 1 amide bonds. The molecule has 1 atom stereocenters. The molecular formula is C12H24N2O3. The minimum Gasteiger partial charge on any atom is -0.387 e. The molecule has 1 fully saturated rings. The number of hydrogen-bond acceptors (Lipinski definition) is 4. The van der Waals surface area contributed by atoms with Crippen molar-refractivity contribution in [3.05, 3.63) is 0 Å². The molecule has 1 saturated heterocycles. The van der Waals surface area contributed by atoms with Gasteiger partial charge in [-0.1, -0.05) is 6.92 Å². The summed E-state index contributed by atoms with van der Waals surface area (Å²) in [7, 11) is 0. The molecule has 1 aliphatic heterocycles. The van der Waals surface area contributed by atoms with Crippen molar-refractivity contribution in [3.63, 3.8) is 0 Å². The second kappa shape index (κ2) is 6.93. The van der Waals surface area contributed by atoms with Gasteiger partial charge in [0.25, 0.3) is 0 Å². The van der Waals surface area contributed by atoms with Crippen molar-refractivity contribution < 1.29 is 14.6 Å². The van der Waals surface area contributed by atoms with Gasteiger partial charge in [-0.2, -0.15) is 0 Å². The van der Waals surface area contributed by atoms with Crippen LogP contribution in [-0.4, -0.2) is 60.9 Å². The maximum atomic E-state index is 11.3. The fourth-order valence-corrected chi connectivity index (χ4v) is 1.90. The summed E-state index contributed by atoms with van der Waals surface area (Å²) >= 11 is 0. The maximum Gasteiger partial charge on any atom is 0.220 e. The predicted octanol–water partition coefficient (Wildman–Crippen LogP) is -0.0141. The van der Waals surface area contributed by atoms with Crippen molar-refractivity contribution in [1.82, 2.24) is 10.2 Å². The zero-order valence-electron chi connectivity index (χ0n) is 10.9. The van der Waals surface area contributed by atoms with Gasteiger partial charge in [0.05, 0.1) is 18.8 Å². The van der Waals surface area contributed by atoms with Gasteiger partial charge in [0.1, 0.15) is 0 Å². The first-order chi connectivity index (χ1) is 8.03. The Kier molecular flexibility index (Phi) is 5.88. The average Bonchev–Trinajstić information content (AvgIpc) is 2.28. The van der Waals surface area contributed by atoms with Gasteiger partial charge in [-0.15, -0.1) is 0 Å². The monoisotopic (exact) mass is 244 g/mol. The van der Waals surface area contributed by atoms with Crippen molar-refractivity contribution >= 4 is 5.91 Å². The molecule has 2 N–H and O–H groups in total. The molecule has 1 aliphatic rings. The highest BCUT2D eigenvalue weighted by Crippen LogP contribution is 2.07. The Morgan fingerprint density at radius 3 is 2.71 bits per heavy atom. The average molecular weight is 244 g/mol. The van der Waals surface area contributed by atoms with E-state index in [1.807, 2.05) is 6.92 Å². The van der Waals surface area contributed by atoms with Crippen LogP contribution in [0.25, 0.3) is 0 Å². The van der Waals surface area contributed by atoms with Crippen LogP contribution < -0.4 is 5.32 Å². The van der Waals surface area contributed by atoms with E-state index in [-0.39, 0.29) is 5.91 Å². The molecular weight excluding hydrogens is 220 g/mol. The Bertz CT molecular complexity index is 238. The fourth-order valence-electron chi connectivity index (χ4n) is 1.90. The summed E-state index contributed by atoms with van der Waals surface area (Å²) in [5.74, 6) is 0.00903. The topological polar surface area (TPSA) is 61.8 Å². The summed E-state index contributed by atoms with van der Waals surface area (Å²) in [4.78, 5) is 13.5. The molecule has 0 aromatic rings. The second-order valence-corrected chi connectivity index (χ2v) is 4.91. The lowest BCUT2D eigenvalue weighted by atomic mass is 10.1. The molecule has 0 radical (unpaired) electrons. The number of aliphatic hydroxyl groups is 1. The summed E-state index contributed by atoms with van der Waals surface area (Å²) in [6.07, 6.45) is 1.35. The third-order valence-corrected chi connectivity index (χ3v) is 2.81. The third kappa shape index (κ3) is 6.00. The van der Waals surface area contributed by atoms with Crippen molar-refractivity contribution in [2.45, 2.75) is 32.3 Å². The molecule has 0 saturated carbocycles. The van der Waals surface area contributed by atoms with Gasteiger partial charge in [-0.3, -0.25) is 9.69 Å². The van der Waals surface area contributed by atoms with E-state index in [2.05, 4.69) is 10.2 Å². The molecule has 0 aromatic heterocycles. The molecule has 100 valence electrons. The van der Waals surface area contributed by atoms with Crippen molar-refractivity contribution in [3.8, 4) is 0 Å². The van der Waals surface area contributed by atoms with Gasteiger partial charge >= 0.3 is 0 Å². The van der Waals surface area contributed by atoms with Crippen molar-refractivity contribution in [2.75, 3.05) is 39.4 Å². The largest absolute Gasteiger partial charge is 0.387 e. The summed E-state index contributed by atoms with van der Waals surface area (Å²) in [5.41, 5.74) is -0.874. The first-order valence-electron chi connectivity index (χ1n) is 6.33. The number of β-amino-alcohol motifs (C(OH)–C–C–N with tert-alkyl or cyclic N) is 1. The number of rotatable bonds is 6. The minimum absolute atomic E-state index is 0.00903. The molecule has 0 aliphatic carbocycles. The number of hydrogen-bond donors (Lipinski definition) is 2. The van der Waals surface area contributed by atoms with Gasteiger partial charge in [0.15, 0.2) is 0 Å². The first-order valence-corrected chi connectivity index (χ1v) is 6.33. The quantitative estimate of drug-likeness (QED) is 0.689. The Hall–Kier alpha value is -0.650. The van der Waals surface area contributed by atoms with E-state index in [0.717, 1.165) is 32.7 Å². The van der Waals surface area contributed by atoms with E-state index in [9.17, 15) is 9.90 Å². The maximum absolute atomic E-state index is 11.3. The van der Waals surface area contributed by atoms with Crippen LogP contribution in [0.2, 0.25) is 0 Å². The predicted molar refractivity (Wildman–Crippen MR) is 65.8 cm³/mol. The van der Waals surface area contributed by atoms with Crippen LogP contribution in [-0.2, 0) is 9.53 Å². The summed E-state index contributed by atoms with van der Waals surface area (Å²) in [5, 5.41) is 13.0. The van der Waals surface area contributed by atoms with E-state index in [0.29, 0.717) is 19.5 Å². The molecule has 5 heteroatoms. The highest BCUT2D eigenvalue weighted by Gasteiger charge is 2.25. The van der Waals surface area contributed by atoms with Gasteiger partial charge in [-0.25, -0.2) is 0 Å². The number of carbonyl (C=O) groups excluding carboxylic acids is 1. The Morgan fingerprint density at radius 2 is 2.12 bits per heavy atom. The molecule has 1 rings (SSSR count). The lowest BCUT2D eigenvalue weighted by molar-refractivity contribution is -0.122. The van der Waals surface area contributed by atoms with Crippen LogP contribution in [0.4, 0.5) is 0 Å². The molecule has 0 spiro atoms. The van der Waals surface area contributed by atoms with Crippen molar-refractivity contribution in [1.29, 1.82) is 0 Å². The Morgan fingerprint density at radius 1 is 1.47 bits per heavy atom. The number of morpholine rings is 1.